The van der Waals surface area contributed by atoms with Crippen molar-refractivity contribution in [2.24, 2.45) is 11.0 Å². The van der Waals surface area contributed by atoms with Crippen molar-refractivity contribution < 1.29 is 32.3 Å². The van der Waals surface area contributed by atoms with E-state index in [1.165, 1.54) is 23.9 Å². The fraction of sp³-hybridized carbons (Fsp3) is 0.630. The number of hydrazone groups is 1. The third-order valence-corrected chi connectivity index (χ3v) is 7.51. The van der Waals surface area contributed by atoms with E-state index >= 15 is 0 Å². The van der Waals surface area contributed by atoms with Crippen molar-refractivity contribution in [3.63, 3.8) is 0 Å². The number of hydrogen-bond donors (Lipinski definition) is 2. The van der Waals surface area contributed by atoms with Crippen LogP contribution in [0.2, 0.25) is 0 Å². The number of benzene rings is 1. The standard InChI is InChI=1S/C27H38F3N5O4S/c1-18(2)11-12-21(36)23-35(33-25(39-23)40-16-15-34(3)4)24(38)32-26(13-6-5-7-14-26)31-22(37)19-9-8-10-20(17-19)27(28,29)30/h8-10,17-18,23H,5-7,11-16H2,1-4H3,(H,31,37)(H,32,38). The Balaban J connectivity index is 1.80. The number of carbonyl (C=O) groups is 3. The third-order valence-electron chi connectivity index (χ3n) is 6.70. The molecule has 3 amide bonds. The highest BCUT2D eigenvalue weighted by Gasteiger charge is 2.43. The highest BCUT2D eigenvalue weighted by Crippen LogP contribution is 2.31. The minimum absolute atomic E-state index is 0.169. The van der Waals surface area contributed by atoms with Crippen LogP contribution in [0.3, 0.4) is 0 Å². The van der Waals surface area contributed by atoms with E-state index < -0.39 is 35.6 Å². The van der Waals surface area contributed by atoms with Gasteiger partial charge in [-0.3, -0.25) is 9.59 Å². The maximum atomic E-state index is 13.6. The Labute approximate surface area is 237 Å². The van der Waals surface area contributed by atoms with Gasteiger partial charge in [0.1, 0.15) is 5.66 Å². The van der Waals surface area contributed by atoms with Crippen molar-refractivity contribution in [3.8, 4) is 0 Å². The van der Waals surface area contributed by atoms with Crippen LogP contribution in [0.1, 0.15) is 74.7 Å². The number of ether oxygens (including phenoxy) is 1. The van der Waals surface area contributed by atoms with E-state index in [1.807, 2.05) is 32.8 Å². The first-order valence-electron chi connectivity index (χ1n) is 13.5. The Kier molecular flexibility index (Phi) is 10.9. The van der Waals surface area contributed by atoms with Gasteiger partial charge in [-0.25, -0.2) is 4.79 Å². The average molecular weight is 586 g/mol. The molecule has 0 spiro atoms. The van der Waals surface area contributed by atoms with Gasteiger partial charge in [0.2, 0.25) is 0 Å². The highest BCUT2D eigenvalue weighted by molar-refractivity contribution is 8.13. The lowest BCUT2D eigenvalue weighted by Crippen LogP contribution is -2.64. The Morgan fingerprint density at radius 2 is 1.88 bits per heavy atom. The molecule has 0 bridgehead atoms. The van der Waals surface area contributed by atoms with Gasteiger partial charge >= 0.3 is 12.2 Å². The van der Waals surface area contributed by atoms with Crippen LogP contribution in [0.5, 0.6) is 0 Å². The van der Waals surface area contributed by atoms with E-state index in [1.54, 1.807) is 0 Å². The van der Waals surface area contributed by atoms with E-state index in [2.05, 4.69) is 15.7 Å². The molecular weight excluding hydrogens is 547 g/mol. The molecule has 0 saturated heterocycles. The molecule has 1 aliphatic carbocycles. The number of urea groups is 1. The van der Waals surface area contributed by atoms with Crippen LogP contribution in [-0.2, 0) is 15.7 Å². The molecule has 1 saturated carbocycles. The Morgan fingerprint density at radius 1 is 1.18 bits per heavy atom. The fourth-order valence-corrected chi connectivity index (χ4v) is 5.36. The zero-order valence-electron chi connectivity index (χ0n) is 23.3. The fourth-order valence-electron chi connectivity index (χ4n) is 4.42. The molecule has 3 rings (SSSR count). The van der Waals surface area contributed by atoms with E-state index in [0.717, 1.165) is 30.1 Å². The number of ketones is 1. The molecule has 1 atom stereocenters. The number of nitrogens with one attached hydrogen (secondary N) is 2. The second-order valence-corrected chi connectivity index (χ2v) is 11.9. The number of halogens is 3. The first-order valence-corrected chi connectivity index (χ1v) is 14.4. The van der Waals surface area contributed by atoms with Crippen molar-refractivity contribution in [3.05, 3.63) is 35.4 Å². The first-order chi connectivity index (χ1) is 18.8. The van der Waals surface area contributed by atoms with Crippen molar-refractivity contribution >= 4 is 34.7 Å². The summed E-state index contributed by atoms with van der Waals surface area (Å²) < 4.78 is 45.4. The van der Waals surface area contributed by atoms with Gasteiger partial charge in [-0.15, -0.1) is 5.10 Å². The monoisotopic (exact) mass is 585 g/mol. The molecule has 2 aliphatic rings. The number of nitrogens with zero attached hydrogens (tertiary/aromatic N) is 3. The second kappa shape index (κ2) is 13.7. The van der Waals surface area contributed by atoms with Crippen molar-refractivity contribution in [1.29, 1.82) is 0 Å². The number of rotatable bonds is 10. The molecule has 1 aliphatic heterocycles. The van der Waals surface area contributed by atoms with Crippen LogP contribution in [0.4, 0.5) is 18.0 Å². The van der Waals surface area contributed by atoms with Crippen LogP contribution >= 0.6 is 11.8 Å². The molecule has 222 valence electrons. The molecule has 9 nitrogen and oxygen atoms in total. The molecule has 1 unspecified atom stereocenters. The summed E-state index contributed by atoms with van der Waals surface area (Å²) in [7, 11) is 3.85. The first kappa shape index (κ1) is 31.7. The second-order valence-electron chi connectivity index (χ2n) is 10.8. The zero-order valence-corrected chi connectivity index (χ0v) is 24.2. The smallest absolute Gasteiger partial charge is 0.416 e. The van der Waals surface area contributed by atoms with Crippen molar-refractivity contribution in [2.75, 3.05) is 26.4 Å². The lowest BCUT2D eigenvalue weighted by atomic mass is 9.88. The number of hydrogen-bond acceptors (Lipinski definition) is 7. The SMILES string of the molecule is CC(C)CCC(=O)C1OC(SCCN(C)C)=NN1C(=O)NC1(NC(=O)c2cccc(C(F)(F)F)c2)CCCCC1. The summed E-state index contributed by atoms with van der Waals surface area (Å²) >= 11 is 1.29. The quantitative estimate of drug-likeness (QED) is 0.373. The summed E-state index contributed by atoms with van der Waals surface area (Å²) in [6, 6.07) is 3.42. The zero-order chi connectivity index (χ0) is 29.5. The van der Waals surface area contributed by atoms with Crippen LogP contribution < -0.4 is 10.6 Å². The lowest BCUT2D eigenvalue weighted by molar-refractivity contribution is -0.137. The highest BCUT2D eigenvalue weighted by atomic mass is 32.2. The summed E-state index contributed by atoms with van der Waals surface area (Å²) in [6.45, 7) is 4.72. The average Bonchev–Trinajstić information content (AvgIpc) is 3.31. The van der Waals surface area contributed by atoms with Gasteiger partial charge in [0, 0.05) is 24.3 Å². The Bertz CT molecular complexity index is 1090. The molecule has 1 aromatic carbocycles. The lowest BCUT2D eigenvalue weighted by Gasteiger charge is -2.39. The van der Waals surface area contributed by atoms with Gasteiger partial charge in [-0.2, -0.15) is 18.2 Å². The van der Waals surface area contributed by atoms with E-state index in [9.17, 15) is 27.6 Å². The number of amides is 3. The summed E-state index contributed by atoms with van der Waals surface area (Å²) in [4.78, 5) is 41.7. The van der Waals surface area contributed by atoms with Gasteiger partial charge in [0.05, 0.1) is 5.56 Å². The van der Waals surface area contributed by atoms with Gasteiger partial charge in [-0.05, 0) is 70.3 Å². The Hall–Kier alpha value is -2.80. The van der Waals surface area contributed by atoms with Crippen LogP contribution in [0, 0.1) is 5.92 Å². The molecule has 2 N–H and O–H groups in total. The van der Waals surface area contributed by atoms with Crippen LogP contribution in [0.15, 0.2) is 29.4 Å². The normalized spacial score (nSPS) is 18.9. The predicted molar refractivity (Wildman–Crippen MR) is 147 cm³/mol. The topological polar surface area (TPSA) is 103 Å². The molecule has 13 heteroatoms. The molecule has 1 heterocycles. The molecule has 0 radical (unpaired) electrons. The number of carbonyl (C=O) groups excluding carboxylic acids is 3. The van der Waals surface area contributed by atoms with E-state index in [4.69, 9.17) is 4.74 Å². The Morgan fingerprint density at radius 3 is 2.50 bits per heavy atom. The summed E-state index contributed by atoms with van der Waals surface area (Å²) in [6.07, 6.45) is -2.01. The van der Waals surface area contributed by atoms with Crippen LogP contribution in [-0.4, -0.2) is 71.1 Å². The predicted octanol–water partition coefficient (Wildman–Crippen LogP) is 5.03. The summed E-state index contributed by atoms with van der Waals surface area (Å²) in [5, 5.41) is 11.1. The molecule has 1 aromatic rings. The molecule has 0 aromatic heterocycles. The maximum Gasteiger partial charge on any atom is 0.416 e. The van der Waals surface area contributed by atoms with Crippen molar-refractivity contribution in [1.82, 2.24) is 20.5 Å². The van der Waals surface area contributed by atoms with Gasteiger partial charge < -0.3 is 20.3 Å². The van der Waals surface area contributed by atoms with Gasteiger partial charge in [-0.1, -0.05) is 38.1 Å². The number of alkyl halides is 3. The van der Waals surface area contributed by atoms with E-state index in [-0.39, 0.29) is 28.9 Å². The number of Topliss-reactive ketones (excluding diaryl/α,β-unsaturated/α-hetero) is 1. The molecular formula is C27H38F3N5O4S. The molecule has 40 heavy (non-hydrogen) atoms. The van der Waals surface area contributed by atoms with Gasteiger partial charge in [0.25, 0.3) is 17.4 Å². The summed E-state index contributed by atoms with van der Waals surface area (Å²) in [5.74, 6) is -0.120. The summed E-state index contributed by atoms with van der Waals surface area (Å²) in [5.41, 5.74) is -2.33. The van der Waals surface area contributed by atoms with Gasteiger partial charge in [0.15, 0.2) is 5.78 Å². The minimum atomic E-state index is -4.60. The largest absolute Gasteiger partial charge is 0.438 e. The molecule has 1 fully saturated rings. The van der Waals surface area contributed by atoms with Crippen molar-refractivity contribution in [2.45, 2.75) is 76.9 Å². The van der Waals surface area contributed by atoms with E-state index in [0.29, 0.717) is 37.9 Å². The third kappa shape index (κ3) is 8.85. The number of thioether (sulfide) groups is 1. The van der Waals surface area contributed by atoms with Crippen LogP contribution in [0.25, 0.3) is 0 Å². The minimum Gasteiger partial charge on any atom is -0.438 e. The maximum absolute atomic E-state index is 13.6.